The first kappa shape index (κ1) is 14.0. The van der Waals surface area contributed by atoms with Gasteiger partial charge in [-0.2, -0.15) is 0 Å². The van der Waals surface area contributed by atoms with Crippen LogP contribution in [0.3, 0.4) is 0 Å². The van der Waals surface area contributed by atoms with Gasteiger partial charge in [0.1, 0.15) is 5.82 Å². The molecule has 0 radical (unpaired) electrons. The van der Waals surface area contributed by atoms with E-state index in [0.29, 0.717) is 16.6 Å². The van der Waals surface area contributed by atoms with Gasteiger partial charge >= 0.3 is 0 Å². The summed E-state index contributed by atoms with van der Waals surface area (Å²) >= 11 is 11.9. The van der Waals surface area contributed by atoms with Gasteiger partial charge in [0.25, 0.3) is 5.24 Å². The van der Waals surface area contributed by atoms with E-state index < -0.39 is 11.1 Å². The van der Waals surface area contributed by atoms with Crippen LogP contribution in [0.1, 0.15) is 10.4 Å². The van der Waals surface area contributed by atoms with E-state index in [1.165, 1.54) is 18.2 Å². The molecule has 0 atom stereocenters. The summed E-state index contributed by atoms with van der Waals surface area (Å²) in [6, 6.07) is 13.2. The zero-order valence-corrected chi connectivity index (χ0v) is 12.1. The Morgan fingerprint density at radius 1 is 1.10 bits per heavy atom. The van der Waals surface area contributed by atoms with Crippen molar-refractivity contribution >= 4 is 39.3 Å². The van der Waals surface area contributed by atoms with Crippen LogP contribution in [0.4, 0.5) is 4.39 Å². The first-order chi connectivity index (χ1) is 10.1. The first-order valence-electron chi connectivity index (χ1n) is 6.12. The molecule has 3 aromatic rings. The molecule has 0 amide bonds. The Morgan fingerprint density at radius 3 is 2.48 bits per heavy atom. The monoisotopic (exact) mass is 319 g/mol. The van der Waals surface area contributed by atoms with Crippen LogP contribution in [0, 0.1) is 5.82 Å². The molecule has 0 saturated carbocycles. The van der Waals surface area contributed by atoms with Crippen molar-refractivity contribution in [3.8, 4) is 11.3 Å². The maximum Gasteiger partial charge on any atom is 0.256 e. The molecular formula is C16H8Cl2FNO. The highest BCUT2D eigenvalue weighted by Crippen LogP contribution is 2.34. The molecule has 0 spiro atoms. The minimum atomic E-state index is -0.725. The topological polar surface area (TPSA) is 30.0 Å². The average molecular weight is 320 g/mol. The van der Waals surface area contributed by atoms with Gasteiger partial charge in [0, 0.05) is 10.9 Å². The number of hydrogen-bond donors (Lipinski definition) is 0. The number of hydrogen-bond acceptors (Lipinski definition) is 2. The maximum atomic E-state index is 13.4. The van der Waals surface area contributed by atoms with E-state index >= 15 is 0 Å². The number of carbonyl (C=O) groups excluding carboxylic acids is 1. The summed E-state index contributed by atoms with van der Waals surface area (Å²) in [5.41, 5.74) is 1.69. The van der Waals surface area contributed by atoms with Crippen LogP contribution in [-0.2, 0) is 0 Å². The molecule has 0 aliphatic rings. The highest BCUT2D eigenvalue weighted by molar-refractivity contribution is 6.69. The molecule has 0 aliphatic carbocycles. The second-order valence-corrected chi connectivity index (χ2v) is 5.17. The molecule has 1 heterocycles. The van der Waals surface area contributed by atoms with Gasteiger partial charge in [-0.15, -0.1) is 0 Å². The molecule has 0 bridgehead atoms. The first-order valence-corrected chi connectivity index (χ1v) is 6.87. The highest BCUT2D eigenvalue weighted by Gasteiger charge is 2.20. The number of carbonyl (C=O) groups is 1. The Hall–Kier alpha value is -1.97. The van der Waals surface area contributed by atoms with Gasteiger partial charge in [0.05, 0.1) is 21.8 Å². The third-order valence-corrected chi connectivity index (χ3v) is 3.71. The summed E-state index contributed by atoms with van der Waals surface area (Å²) in [6.45, 7) is 0. The fourth-order valence-electron chi connectivity index (χ4n) is 2.18. The van der Waals surface area contributed by atoms with E-state index in [1.807, 2.05) is 18.2 Å². The predicted molar refractivity (Wildman–Crippen MR) is 82.3 cm³/mol. The van der Waals surface area contributed by atoms with Crippen LogP contribution in [-0.4, -0.2) is 10.2 Å². The van der Waals surface area contributed by atoms with Crippen LogP contribution >= 0.6 is 23.2 Å². The van der Waals surface area contributed by atoms with E-state index in [4.69, 9.17) is 23.2 Å². The SMILES string of the molecule is O=C(Cl)c1c(-c2ccccc2)nc2ccc(F)cc2c1Cl. The van der Waals surface area contributed by atoms with Gasteiger partial charge < -0.3 is 0 Å². The van der Waals surface area contributed by atoms with E-state index in [2.05, 4.69) is 4.98 Å². The summed E-state index contributed by atoms with van der Waals surface area (Å²) < 4.78 is 13.4. The van der Waals surface area contributed by atoms with Crippen LogP contribution < -0.4 is 0 Å². The third-order valence-electron chi connectivity index (χ3n) is 3.13. The third kappa shape index (κ3) is 2.50. The van der Waals surface area contributed by atoms with Crippen molar-refractivity contribution in [1.82, 2.24) is 4.98 Å². The Labute approximate surface area is 130 Å². The fourth-order valence-corrected chi connectivity index (χ4v) is 2.74. The van der Waals surface area contributed by atoms with E-state index in [9.17, 15) is 9.18 Å². The quantitative estimate of drug-likeness (QED) is 0.617. The largest absolute Gasteiger partial charge is 0.275 e. The number of fused-ring (bicyclic) bond motifs is 1. The Balaban J connectivity index is 2.41. The summed E-state index contributed by atoms with van der Waals surface area (Å²) in [6.07, 6.45) is 0. The molecule has 0 N–H and O–H groups in total. The molecule has 2 aromatic carbocycles. The molecule has 2 nitrogen and oxygen atoms in total. The van der Waals surface area contributed by atoms with Crippen molar-refractivity contribution in [2.24, 2.45) is 0 Å². The molecular weight excluding hydrogens is 312 g/mol. The molecule has 0 saturated heterocycles. The Kier molecular flexibility index (Phi) is 3.62. The zero-order chi connectivity index (χ0) is 15.0. The number of pyridine rings is 1. The maximum absolute atomic E-state index is 13.4. The van der Waals surface area contributed by atoms with Crippen molar-refractivity contribution in [3.05, 3.63) is 64.9 Å². The fraction of sp³-hybridized carbons (Fsp3) is 0. The van der Waals surface area contributed by atoms with E-state index in [0.717, 1.165) is 5.56 Å². The highest BCUT2D eigenvalue weighted by atomic mass is 35.5. The minimum Gasteiger partial charge on any atom is -0.275 e. The Bertz CT molecular complexity index is 850. The van der Waals surface area contributed by atoms with E-state index in [1.54, 1.807) is 12.1 Å². The van der Waals surface area contributed by atoms with Gasteiger partial charge in [-0.3, -0.25) is 4.79 Å². The molecule has 104 valence electrons. The molecule has 0 unspecified atom stereocenters. The van der Waals surface area contributed by atoms with Crippen LogP contribution in [0.25, 0.3) is 22.2 Å². The van der Waals surface area contributed by atoms with Gasteiger partial charge in [0.15, 0.2) is 0 Å². The predicted octanol–water partition coefficient (Wildman–Crippen LogP) is 5.07. The van der Waals surface area contributed by atoms with Crippen molar-refractivity contribution in [2.75, 3.05) is 0 Å². The molecule has 0 fully saturated rings. The second-order valence-electron chi connectivity index (χ2n) is 4.45. The summed E-state index contributed by atoms with van der Waals surface area (Å²) in [5.74, 6) is -0.452. The van der Waals surface area contributed by atoms with Gasteiger partial charge in [-0.05, 0) is 29.8 Å². The zero-order valence-electron chi connectivity index (χ0n) is 10.6. The summed E-state index contributed by atoms with van der Waals surface area (Å²) in [5, 5.41) is -0.254. The van der Waals surface area contributed by atoms with Crippen LogP contribution in [0.2, 0.25) is 5.02 Å². The standard InChI is InChI=1S/C16H8Cl2FNO/c17-14-11-8-10(19)6-7-12(11)20-15(13(14)16(18)21)9-4-2-1-3-5-9/h1-8H. The number of rotatable bonds is 2. The lowest BCUT2D eigenvalue weighted by atomic mass is 10.0. The summed E-state index contributed by atoms with van der Waals surface area (Å²) in [7, 11) is 0. The Morgan fingerprint density at radius 2 is 1.81 bits per heavy atom. The van der Waals surface area contributed by atoms with Crippen molar-refractivity contribution in [3.63, 3.8) is 0 Å². The molecule has 0 aliphatic heterocycles. The van der Waals surface area contributed by atoms with Gasteiger partial charge in [-0.1, -0.05) is 41.9 Å². The smallest absolute Gasteiger partial charge is 0.256 e. The molecule has 3 rings (SSSR count). The number of nitrogens with zero attached hydrogens (tertiary/aromatic N) is 1. The molecule has 1 aromatic heterocycles. The lowest BCUT2D eigenvalue weighted by Crippen LogP contribution is -2.00. The van der Waals surface area contributed by atoms with Crippen molar-refractivity contribution in [1.29, 1.82) is 0 Å². The van der Waals surface area contributed by atoms with Crippen molar-refractivity contribution < 1.29 is 9.18 Å². The molecule has 21 heavy (non-hydrogen) atoms. The summed E-state index contributed by atoms with van der Waals surface area (Å²) in [4.78, 5) is 16.1. The van der Waals surface area contributed by atoms with Crippen LogP contribution in [0.5, 0.6) is 0 Å². The second kappa shape index (κ2) is 5.43. The lowest BCUT2D eigenvalue weighted by Gasteiger charge is -2.11. The number of benzene rings is 2. The van der Waals surface area contributed by atoms with Gasteiger partial charge in [-0.25, -0.2) is 9.37 Å². The number of halogens is 3. The lowest BCUT2D eigenvalue weighted by molar-refractivity contribution is 0.108. The molecule has 5 heteroatoms. The average Bonchev–Trinajstić information content (AvgIpc) is 2.48. The normalized spacial score (nSPS) is 10.8. The number of aromatic nitrogens is 1. The minimum absolute atomic E-state index is 0.0858. The van der Waals surface area contributed by atoms with Gasteiger partial charge in [0.2, 0.25) is 0 Å². The van der Waals surface area contributed by atoms with Crippen LogP contribution in [0.15, 0.2) is 48.5 Å². The van der Waals surface area contributed by atoms with Crippen molar-refractivity contribution in [2.45, 2.75) is 0 Å². The van der Waals surface area contributed by atoms with E-state index in [-0.39, 0.29) is 10.6 Å².